The Bertz CT molecular complexity index is 462. The maximum Gasteiger partial charge on any atom is 0.0553 e. The summed E-state index contributed by atoms with van der Waals surface area (Å²) in [6.45, 7) is 4.02. The fraction of sp³-hybridized carbons (Fsp3) is 0.231. The highest BCUT2D eigenvalue weighted by Gasteiger charge is 2.00. The second-order valence-electron chi connectivity index (χ2n) is 3.62. The van der Waals surface area contributed by atoms with Gasteiger partial charge in [0.25, 0.3) is 0 Å². The van der Waals surface area contributed by atoms with E-state index in [1.807, 2.05) is 18.2 Å². The minimum atomic E-state index is 0.851. The van der Waals surface area contributed by atoms with Crippen molar-refractivity contribution in [1.82, 2.24) is 4.57 Å². The Kier molecular flexibility index (Phi) is 3.67. The monoisotopic (exact) mass is 278 g/mol. The Balaban J connectivity index is 2.05. The lowest BCUT2D eigenvalue weighted by atomic mass is 10.3. The first-order valence-electron chi connectivity index (χ1n) is 5.43. The molecule has 0 radical (unpaired) electrons. The summed E-state index contributed by atoms with van der Waals surface area (Å²) < 4.78 is 3.34. The number of anilines is 1. The van der Waals surface area contributed by atoms with Crippen molar-refractivity contribution < 1.29 is 0 Å². The zero-order valence-corrected chi connectivity index (χ0v) is 10.9. The van der Waals surface area contributed by atoms with Gasteiger partial charge in [-0.2, -0.15) is 0 Å². The van der Waals surface area contributed by atoms with Crippen LogP contribution in [-0.2, 0) is 13.1 Å². The zero-order chi connectivity index (χ0) is 11.4. The summed E-state index contributed by atoms with van der Waals surface area (Å²) in [6.07, 6.45) is 2.11. The van der Waals surface area contributed by atoms with E-state index in [0.717, 1.165) is 23.2 Å². The molecule has 0 saturated heterocycles. The fourth-order valence-corrected chi connectivity index (χ4v) is 2.13. The van der Waals surface area contributed by atoms with Crippen molar-refractivity contribution in [3.63, 3.8) is 0 Å². The van der Waals surface area contributed by atoms with Crippen LogP contribution in [0.15, 0.2) is 47.1 Å². The maximum atomic E-state index is 3.53. The number of aromatic nitrogens is 1. The molecule has 0 unspecified atom stereocenters. The van der Waals surface area contributed by atoms with Gasteiger partial charge in [-0.15, -0.1) is 0 Å². The molecule has 84 valence electrons. The number of benzene rings is 1. The molecule has 0 saturated carbocycles. The third-order valence-electron chi connectivity index (χ3n) is 2.60. The Morgan fingerprint density at radius 2 is 2.00 bits per heavy atom. The minimum absolute atomic E-state index is 0.851. The van der Waals surface area contributed by atoms with Crippen molar-refractivity contribution in [3.05, 3.63) is 52.8 Å². The summed E-state index contributed by atoms with van der Waals surface area (Å²) in [5.74, 6) is 0. The molecule has 0 spiro atoms. The number of nitrogens with one attached hydrogen (secondary N) is 1. The molecule has 16 heavy (non-hydrogen) atoms. The topological polar surface area (TPSA) is 17.0 Å². The van der Waals surface area contributed by atoms with E-state index in [9.17, 15) is 0 Å². The van der Waals surface area contributed by atoms with Gasteiger partial charge in [0.2, 0.25) is 0 Å². The van der Waals surface area contributed by atoms with Crippen LogP contribution in [0.5, 0.6) is 0 Å². The second-order valence-corrected chi connectivity index (χ2v) is 4.47. The summed E-state index contributed by atoms with van der Waals surface area (Å²) in [5, 5.41) is 3.42. The molecule has 1 heterocycles. The average molecular weight is 279 g/mol. The van der Waals surface area contributed by atoms with E-state index in [0.29, 0.717) is 0 Å². The van der Waals surface area contributed by atoms with E-state index in [4.69, 9.17) is 0 Å². The highest BCUT2D eigenvalue weighted by molar-refractivity contribution is 9.10. The van der Waals surface area contributed by atoms with Crippen molar-refractivity contribution in [2.75, 3.05) is 5.32 Å². The maximum absolute atomic E-state index is 3.53. The first kappa shape index (κ1) is 11.3. The van der Waals surface area contributed by atoms with Crippen molar-refractivity contribution in [3.8, 4) is 0 Å². The fourth-order valence-electron chi connectivity index (χ4n) is 1.71. The zero-order valence-electron chi connectivity index (χ0n) is 9.28. The summed E-state index contributed by atoms with van der Waals surface area (Å²) in [4.78, 5) is 0. The Labute approximate surface area is 104 Å². The molecular formula is C13H15BrN2. The largest absolute Gasteiger partial charge is 0.379 e. The van der Waals surface area contributed by atoms with Crippen LogP contribution in [0.4, 0.5) is 5.69 Å². The first-order chi connectivity index (χ1) is 7.81. The smallest absolute Gasteiger partial charge is 0.0553 e. The Morgan fingerprint density at radius 1 is 1.19 bits per heavy atom. The summed E-state index contributed by atoms with van der Waals surface area (Å²) in [6, 6.07) is 12.4. The highest BCUT2D eigenvalue weighted by Crippen LogP contribution is 2.21. The van der Waals surface area contributed by atoms with Gasteiger partial charge in [0, 0.05) is 28.6 Å². The van der Waals surface area contributed by atoms with Crippen molar-refractivity contribution in [1.29, 1.82) is 0 Å². The highest BCUT2D eigenvalue weighted by atomic mass is 79.9. The molecule has 2 nitrogen and oxygen atoms in total. The molecule has 2 aromatic rings. The van der Waals surface area contributed by atoms with Gasteiger partial charge in [-0.3, -0.25) is 0 Å². The normalized spacial score (nSPS) is 10.4. The van der Waals surface area contributed by atoms with Crippen LogP contribution in [0.3, 0.4) is 0 Å². The van der Waals surface area contributed by atoms with E-state index in [-0.39, 0.29) is 0 Å². The SMILES string of the molecule is CCn1cccc1CNc1ccccc1Br. The average Bonchev–Trinajstić information content (AvgIpc) is 2.75. The van der Waals surface area contributed by atoms with Gasteiger partial charge in [0.05, 0.1) is 6.54 Å². The number of halogens is 1. The molecule has 1 aromatic carbocycles. The molecule has 0 aliphatic rings. The molecular weight excluding hydrogens is 264 g/mol. The van der Waals surface area contributed by atoms with Gasteiger partial charge >= 0.3 is 0 Å². The van der Waals surface area contributed by atoms with E-state index >= 15 is 0 Å². The second kappa shape index (κ2) is 5.21. The molecule has 1 aromatic heterocycles. The van der Waals surface area contributed by atoms with Gasteiger partial charge < -0.3 is 9.88 Å². The quantitative estimate of drug-likeness (QED) is 0.898. The van der Waals surface area contributed by atoms with Crippen molar-refractivity contribution in [2.45, 2.75) is 20.0 Å². The van der Waals surface area contributed by atoms with Gasteiger partial charge in [-0.05, 0) is 47.1 Å². The molecule has 1 N–H and O–H groups in total. The number of nitrogens with zero attached hydrogens (tertiary/aromatic N) is 1. The first-order valence-corrected chi connectivity index (χ1v) is 6.23. The van der Waals surface area contributed by atoms with Crippen LogP contribution < -0.4 is 5.32 Å². The van der Waals surface area contributed by atoms with E-state index in [2.05, 4.69) is 57.1 Å². The summed E-state index contributed by atoms with van der Waals surface area (Å²) >= 11 is 3.53. The van der Waals surface area contributed by atoms with Gasteiger partial charge in [0.15, 0.2) is 0 Å². The summed E-state index contributed by atoms with van der Waals surface area (Å²) in [5.41, 5.74) is 2.43. The molecule has 0 atom stereocenters. The van der Waals surface area contributed by atoms with Gasteiger partial charge in [0.1, 0.15) is 0 Å². The van der Waals surface area contributed by atoms with Crippen LogP contribution in [0.1, 0.15) is 12.6 Å². The molecule has 0 fully saturated rings. The molecule has 3 heteroatoms. The van der Waals surface area contributed by atoms with E-state index < -0.39 is 0 Å². The third kappa shape index (κ3) is 2.47. The van der Waals surface area contributed by atoms with Crippen LogP contribution in [0, 0.1) is 0 Å². The van der Waals surface area contributed by atoms with Crippen LogP contribution >= 0.6 is 15.9 Å². The van der Waals surface area contributed by atoms with Gasteiger partial charge in [-0.1, -0.05) is 12.1 Å². The lowest BCUT2D eigenvalue weighted by Crippen LogP contribution is -2.06. The Morgan fingerprint density at radius 3 is 2.75 bits per heavy atom. The van der Waals surface area contributed by atoms with Crippen molar-refractivity contribution >= 4 is 21.6 Å². The number of para-hydroxylation sites is 1. The van der Waals surface area contributed by atoms with Gasteiger partial charge in [-0.25, -0.2) is 0 Å². The number of rotatable bonds is 4. The number of hydrogen-bond acceptors (Lipinski definition) is 1. The number of aryl methyl sites for hydroxylation is 1. The third-order valence-corrected chi connectivity index (χ3v) is 3.29. The van der Waals surface area contributed by atoms with Crippen LogP contribution in [0.25, 0.3) is 0 Å². The van der Waals surface area contributed by atoms with E-state index in [1.165, 1.54) is 5.69 Å². The Hall–Kier alpha value is -1.22. The number of hydrogen-bond donors (Lipinski definition) is 1. The van der Waals surface area contributed by atoms with Crippen LogP contribution in [0.2, 0.25) is 0 Å². The molecule has 0 bridgehead atoms. The lowest BCUT2D eigenvalue weighted by Gasteiger charge is -2.10. The van der Waals surface area contributed by atoms with E-state index in [1.54, 1.807) is 0 Å². The molecule has 2 rings (SSSR count). The summed E-state index contributed by atoms with van der Waals surface area (Å²) in [7, 11) is 0. The lowest BCUT2D eigenvalue weighted by molar-refractivity contribution is 0.724. The minimum Gasteiger partial charge on any atom is -0.379 e. The predicted molar refractivity (Wildman–Crippen MR) is 71.6 cm³/mol. The predicted octanol–water partition coefficient (Wildman–Crippen LogP) is 3.88. The molecule has 0 aliphatic carbocycles. The van der Waals surface area contributed by atoms with Crippen molar-refractivity contribution in [2.24, 2.45) is 0 Å². The van der Waals surface area contributed by atoms with Crippen LogP contribution in [-0.4, -0.2) is 4.57 Å². The standard InChI is InChI=1S/C13H15BrN2/c1-2-16-9-5-6-11(16)10-15-13-8-4-3-7-12(13)14/h3-9,15H,2,10H2,1H3. The molecule has 0 amide bonds. The molecule has 0 aliphatic heterocycles.